The van der Waals surface area contributed by atoms with Gasteiger partial charge in [-0.05, 0) is 30.2 Å². The molecule has 0 aliphatic carbocycles. The predicted molar refractivity (Wildman–Crippen MR) is 105 cm³/mol. The number of amides is 1. The van der Waals surface area contributed by atoms with Crippen LogP contribution >= 0.6 is 0 Å². The summed E-state index contributed by atoms with van der Waals surface area (Å²) in [5, 5.41) is 11.0. The number of fused-ring (bicyclic) bond motifs is 2. The number of anilines is 1. The molecule has 0 N–H and O–H groups in total. The van der Waals surface area contributed by atoms with Crippen molar-refractivity contribution in [1.82, 2.24) is 0 Å². The number of nitro groups is 1. The van der Waals surface area contributed by atoms with Gasteiger partial charge in [0, 0.05) is 43.5 Å². The van der Waals surface area contributed by atoms with Gasteiger partial charge in [0.2, 0.25) is 5.91 Å². The summed E-state index contributed by atoms with van der Waals surface area (Å²) in [6.07, 6.45) is 1.52. The first-order chi connectivity index (χ1) is 14.0. The zero-order valence-electron chi connectivity index (χ0n) is 15.8. The lowest BCUT2D eigenvalue weighted by molar-refractivity contribution is -0.384. The molecule has 4 rings (SSSR count). The number of Topliss-reactive ketones (excluding diaryl/α,β-unsaturated/α-hetero) is 1. The minimum absolute atomic E-state index is 0.0371. The fraction of sp³-hybridized carbons (Fsp3) is 0.333. The smallest absolute Gasteiger partial charge is 0.271 e. The van der Waals surface area contributed by atoms with Gasteiger partial charge in [0.25, 0.3) is 5.69 Å². The van der Waals surface area contributed by atoms with Crippen LogP contribution in [0.25, 0.3) is 0 Å². The zero-order valence-corrected chi connectivity index (χ0v) is 15.8. The maximum absolute atomic E-state index is 12.7. The molecular weight excluding hydrogens is 376 g/mol. The van der Waals surface area contributed by atoms with Crippen LogP contribution in [-0.4, -0.2) is 36.4 Å². The number of ketones is 1. The van der Waals surface area contributed by atoms with Crippen LogP contribution in [0.3, 0.4) is 0 Å². The predicted octanol–water partition coefficient (Wildman–Crippen LogP) is 3.31. The van der Waals surface area contributed by atoms with Crippen molar-refractivity contribution in [3.63, 3.8) is 0 Å². The Kier molecular flexibility index (Phi) is 5.16. The van der Waals surface area contributed by atoms with E-state index in [1.807, 2.05) is 0 Å². The third-order valence-corrected chi connectivity index (χ3v) is 5.11. The number of rotatable bonds is 5. The Morgan fingerprint density at radius 2 is 1.83 bits per heavy atom. The van der Waals surface area contributed by atoms with Gasteiger partial charge in [0.05, 0.1) is 23.8 Å². The van der Waals surface area contributed by atoms with Crippen molar-refractivity contribution in [3.8, 4) is 11.5 Å². The van der Waals surface area contributed by atoms with Gasteiger partial charge in [-0.2, -0.15) is 0 Å². The number of hydrogen-bond donors (Lipinski definition) is 0. The fourth-order valence-electron chi connectivity index (χ4n) is 3.58. The van der Waals surface area contributed by atoms with E-state index in [0.29, 0.717) is 48.9 Å². The molecule has 2 aliphatic heterocycles. The number of benzene rings is 2. The third kappa shape index (κ3) is 3.91. The summed E-state index contributed by atoms with van der Waals surface area (Å²) in [5.74, 6) is 0.783. The number of ether oxygens (including phenoxy) is 2. The fourth-order valence-corrected chi connectivity index (χ4v) is 3.58. The molecular formula is C21H20N2O6. The summed E-state index contributed by atoms with van der Waals surface area (Å²) in [6, 6.07) is 9.60. The molecule has 0 fully saturated rings. The summed E-state index contributed by atoms with van der Waals surface area (Å²) in [5.41, 5.74) is 1.89. The minimum Gasteiger partial charge on any atom is -0.490 e. The van der Waals surface area contributed by atoms with Gasteiger partial charge in [-0.3, -0.25) is 19.7 Å². The molecule has 0 bridgehead atoms. The summed E-state index contributed by atoms with van der Waals surface area (Å²) < 4.78 is 11.2. The highest BCUT2D eigenvalue weighted by molar-refractivity contribution is 6.02. The molecule has 0 aromatic heterocycles. The van der Waals surface area contributed by atoms with Crippen molar-refractivity contribution in [3.05, 3.63) is 57.6 Å². The highest BCUT2D eigenvalue weighted by Crippen LogP contribution is 2.33. The lowest BCUT2D eigenvalue weighted by Gasteiger charge is -2.17. The lowest BCUT2D eigenvalue weighted by Crippen LogP contribution is -2.29. The number of nitrogens with zero attached hydrogens (tertiary/aromatic N) is 2. The molecule has 1 amide bonds. The molecule has 0 radical (unpaired) electrons. The quantitative estimate of drug-likeness (QED) is 0.437. The van der Waals surface area contributed by atoms with Crippen molar-refractivity contribution in [2.45, 2.75) is 25.7 Å². The average Bonchev–Trinajstić information content (AvgIpc) is 3.01. The number of nitro benzene ring substituents is 1. The standard InChI is InChI=1S/C21H20N2O6/c24-18(15-3-6-19-20(12-15)29-11-1-10-28-19)5-7-21(25)22-9-8-14-2-4-16(23(26)27)13-17(14)22/h2-4,6,12-13H,1,5,7-11H2. The van der Waals surface area contributed by atoms with Crippen LogP contribution in [0.2, 0.25) is 0 Å². The Balaban J connectivity index is 1.42. The molecule has 0 saturated carbocycles. The van der Waals surface area contributed by atoms with Crippen LogP contribution in [0.4, 0.5) is 11.4 Å². The van der Waals surface area contributed by atoms with Gasteiger partial charge in [-0.15, -0.1) is 0 Å². The van der Waals surface area contributed by atoms with Crippen molar-refractivity contribution in [1.29, 1.82) is 0 Å². The Hall–Kier alpha value is -3.42. The minimum atomic E-state index is -0.477. The third-order valence-electron chi connectivity index (χ3n) is 5.11. The first-order valence-electron chi connectivity index (χ1n) is 9.53. The second-order valence-electron chi connectivity index (χ2n) is 7.00. The van der Waals surface area contributed by atoms with E-state index in [-0.39, 0.29) is 30.2 Å². The lowest BCUT2D eigenvalue weighted by atomic mass is 10.1. The largest absolute Gasteiger partial charge is 0.490 e. The summed E-state index contributed by atoms with van der Waals surface area (Å²) in [7, 11) is 0. The molecule has 0 saturated heterocycles. The van der Waals surface area contributed by atoms with Gasteiger partial charge >= 0.3 is 0 Å². The average molecular weight is 396 g/mol. The van der Waals surface area contributed by atoms with E-state index in [1.54, 1.807) is 24.3 Å². The normalized spacial score (nSPS) is 14.8. The topological polar surface area (TPSA) is 99.0 Å². The molecule has 8 heteroatoms. The monoisotopic (exact) mass is 396 g/mol. The van der Waals surface area contributed by atoms with Crippen LogP contribution in [0.5, 0.6) is 11.5 Å². The van der Waals surface area contributed by atoms with Crippen LogP contribution < -0.4 is 14.4 Å². The van der Waals surface area contributed by atoms with Gasteiger partial charge in [-0.25, -0.2) is 0 Å². The molecule has 0 spiro atoms. The second kappa shape index (κ2) is 7.90. The molecule has 0 unspecified atom stereocenters. The number of non-ortho nitro benzene ring substituents is 1. The Morgan fingerprint density at radius 1 is 1.03 bits per heavy atom. The van der Waals surface area contributed by atoms with E-state index in [4.69, 9.17) is 9.47 Å². The molecule has 2 aliphatic rings. The Bertz CT molecular complexity index is 987. The van der Waals surface area contributed by atoms with E-state index in [9.17, 15) is 19.7 Å². The van der Waals surface area contributed by atoms with E-state index >= 15 is 0 Å². The molecule has 150 valence electrons. The first kappa shape index (κ1) is 18.9. The van der Waals surface area contributed by atoms with Crippen LogP contribution in [0.15, 0.2) is 36.4 Å². The van der Waals surface area contributed by atoms with Crippen molar-refractivity contribution in [2.24, 2.45) is 0 Å². The Morgan fingerprint density at radius 3 is 2.62 bits per heavy atom. The highest BCUT2D eigenvalue weighted by atomic mass is 16.6. The van der Waals surface area contributed by atoms with E-state index in [1.165, 1.54) is 17.0 Å². The van der Waals surface area contributed by atoms with E-state index in [0.717, 1.165) is 12.0 Å². The molecule has 2 aromatic rings. The van der Waals surface area contributed by atoms with E-state index < -0.39 is 4.92 Å². The number of carbonyl (C=O) groups is 2. The van der Waals surface area contributed by atoms with Crippen LogP contribution in [0, 0.1) is 10.1 Å². The SMILES string of the molecule is O=C(CCC(=O)N1CCc2ccc([N+](=O)[O-])cc21)c1ccc2c(c1)OCCCO2. The van der Waals surface area contributed by atoms with Gasteiger partial charge in [-0.1, -0.05) is 6.07 Å². The van der Waals surface area contributed by atoms with Crippen molar-refractivity contribution >= 4 is 23.1 Å². The van der Waals surface area contributed by atoms with Gasteiger partial charge in [0.1, 0.15) is 0 Å². The molecule has 8 nitrogen and oxygen atoms in total. The van der Waals surface area contributed by atoms with Crippen molar-refractivity contribution < 1.29 is 24.0 Å². The van der Waals surface area contributed by atoms with Crippen molar-refractivity contribution in [2.75, 3.05) is 24.7 Å². The second-order valence-corrected chi connectivity index (χ2v) is 7.00. The molecule has 2 aromatic carbocycles. The van der Waals surface area contributed by atoms with E-state index in [2.05, 4.69) is 0 Å². The van der Waals surface area contributed by atoms with Crippen LogP contribution in [0.1, 0.15) is 35.2 Å². The van der Waals surface area contributed by atoms with Crippen LogP contribution in [-0.2, 0) is 11.2 Å². The summed E-state index contributed by atoms with van der Waals surface area (Å²) >= 11 is 0. The summed E-state index contributed by atoms with van der Waals surface area (Å²) in [4.78, 5) is 37.3. The molecule has 0 atom stereocenters. The first-order valence-corrected chi connectivity index (χ1v) is 9.53. The van der Waals surface area contributed by atoms with Gasteiger partial charge in [0.15, 0.2) is 17.3 Å². The molecule has 2 heterocycles. The summed E-state index contributed by atoms with van der Waals surface area (Å²) in [6.45, 7) is 1.57. The number of hydrogen-bond acceptors (Lipinski definition) is 6. The Labute approximate surface area is 167 Å². The molecule has 29 heavy (non-hydrogen) atoms. The number of carbonyl (C=O) groups excluding carboxylic acids is 2. The maximum atomic E-state index is 12.7. The zero-order chi connectivity index (χ0) is 20.4. The maximum Gasteiger partial charge on any atom is 0.271 e. The highest BCUT2D eigenvalue weighted by Gasteiger charge is 2.27. The van der Waals surface area contributed by atoms with Gasteiger partial charge < -0.3 is 14.4 Å².